The molecule has 0 fully saturated rings. The van der Waals surface area contributed by atoms with Crippen molar-refractivity contribution < 1.29 is 22.7 Å². The molecule has 3 aromatic rings. The molecule has 0 atom stereocenters. The Balaban J connectivity index is 2.07. The fourth-order valence-corrected chi connectivity index (χ4v) is 4.25. The van der Waals surface area contributed by atoms with Crippen molar-refractivity contribution in [3.8, 4) is 17.2 Å². The number of phenolic OH excluding ortho intramolecular Hbond substituents is 1. The van der Waals surface area contributed by atoms with Gasteiger partial charge in [-0.25, -0.2) is 12.8 Å². The Morgan fingerprint density at radius 1 is 0.963 bits per heavy atom. The van der Waals surface area contributed by atoms with Gasteiger partial charge in [0.1, 0.15) is 32.9 Å². The molecule has 0 aliphatic heterocycles. The van der Waals surface area contributed by atoms with Gasteiger partial charge >= 0.3 is 0 Å². The Bertz CT molecular complexity index is 1100. The van der Waals surface area contributed by atoms with Crippen LogP contribution in [-0.4, -0.2) is 13.5 Å². The number of ether oxygens (including phenoxy) is 1. The number of anilines is 1. The predicted molar refractivity (Wildman–Crippen MR) is 100 cm³/mol. The summed E-state index contributed by atoms with van der Waals surface area (Å²) in [6.45, 7) is 3.63. The van der Waals surface area contributed by atoms with E-state index in [2.05, 4.69) is 0 Å². The lowest BCUT2D eigenvalue weighted by Crippen LogP contribution is -2.05. The number of sulfone groups is 1. The van der Waals surface area contributed by atoms with Crippen molar-refractivity contribution in [1.29, 1.82) is 0 Å². The van der Waals surface area contributed by atoms with Crippen LogP contribution in [0.5, 0.6) is 17.2 Å². The third kappa shape index (κ3) is 3.59. The van der Waals surface area contributed by atoms with Crippen LogP contribution < -0.4 is 10.5 Å². The highest BCUT2D eigenvalue weighted by Gasteiger charge is 2.25. The predicted octanol–water partition coefficient (Wildman–Crippen LogP) is 4.36. The molecule has 0 aromatic heterocycles. The van der Waals surface area contributed by atoms with Gasteiger partial charge in [0.15, 0.2) is 0 Å². The molecule has 0 unspecified atom stereocenters. The highest BCUT2D eigenvalue weighted by atomic mass is 32.2. The van der Waals surface area contributed by atoms with Crippen LogP contribution in [0.15, 0.2) is 64.4 Å². The summed E-state index contributed by atoms with van der Waals surface area (Å²) in [5.41, 5.74) is 7.94. The van der Waals surface area contributed by atoms with Gasteiger partial charge < -0.3 is 15.6 Å². The van der Waals surface area contributed by atoms with Gasteiger partial charge in [-0.15, -0.1) is 0 Å². The van der Waals surface area contributed by atoms with E-state index in [1.54, 1.807) is 12.1 Å². The van der Waals surface area contributed by atoms with Crippen molar-refractivity contribution in [3.63, 3.8) is 0 Å². The van der Waals surface area contributed by atoms with Crippen molar-refractivity contribution in [2.24, 2.45) is 0 Å². The van der Waals surface area contributed by atoms with Crippen LogP contribution in [0, 0.1) is 19.7 Å². The Labute approximate surface area is 156 Å². The quantitative estimate of drug-likeness (QED) is 0.650. The van der Waals surface area contributed by atoms with Crippen LogP contribution in [0.4, 0.5) is 10.1 Å². The van der Waals surface area contributed by atoms with Crippen molar-refractivity contribution >= 4 is 15.5 Å². The number of halogens is 1. The number of nitrogen functional groups attached to an aromatic ring is 1. The summed E-state index contributed by atoms with van der Waals surface area (Å²) < 4.78 is 45.4. The van der Waals surface area contributed by atoms with Crippen LogP contribution in [0.3, 0.4) is 0 Å². The average Bonchev–Trinajstić information content (AvgIpc) is 2.59. The highest BCUT2D eigenvalue weighted by Crippen LogP contribution is 2.36. The first-order valence-corrected chi connectivity index (χ1v) is 9.55. The first kappa shape index (κ1) is 18.7. The monoisotopic (exact) mass is 387 g/mol. The third-order valence-electron chi connectivity index (χ3n) is 4.05. The van der Waals surface area contributed by atoms with Gasteiger partial charge in [0.25, 0.3) is 0 Å². The summed E-state index contributed by atoms with van der Waals surface area (Å²) in [5.74, 6) is -0.660. The molecule has 0 amide bonds. The number of rotatable bonds is 4. The molecule has 5 nitrogen and oxygen atoms in total. The number of aryl methyl sites for hydroxylation is 2. The minimum atomic E-state index is -4.27. The smallest absolute Gasteiger partial charge is 0.213 e. The second-order valence-corrected chi connectivity index (χ2v) is 8.04. The molecule has 0 saturated heterocycles. The molecule has 0 aliphatic rings. The lowest BCUT2D eigenvalue weighted by Gasteiger charge is -2.14. The SMILES string of the molecule is Cc1cc(N)cc(C)c1Oc1ccc(O)c(S(=O)(=O)c2ccccc2F)c1. The lowest BCUT2D eigenvalue weighted by molar-refractivity contribution is 0.446. The number of benzene rings is 3. The molecule has 7 heteroatoms. The van der Waals surface area contributed by atoms with E-state index in [1.807, 2.05) is 13.8 Å². The number of aromatic hydroxyl groups is 1. The average molecular weight is 387 g/mol. The summed E-state index contributed by atoms with van der Waals surface area (Å²) in [4.78, 5) is -0.951. The third-order valence-corrected chi connectivity index (χ3v) is 5.87. The molecule has 0 aliphatic carbocycles. The standard InChI is InChI=1S/C20H18FNO4S/c1-12-9-14(22)10-13(2)20(12)26-15-7-8-17(23)19(11-15)27(24,25)18-6-4-3-5-16(18)21/h3-11,23H,22H2,1-2H3. The summed E-state index contributed by atoms with van der Waals surface area (Å²) in [7, 11) is -4.27. The van der Waals surface area contributed by atoms with Crippen LogP contribution in [-0.2, 0) is 9.84 Å². The fraction of sp³-hybridized carbons (Fsp3) is 0.100. The molecule has 140 valence electrons. The summed E-state index contributed by atoms with van der Waals surface area (Å²) >= 11 is 0. The second kappa shape index (κ2) is 6.92. The zero-order chi connectivity index (χ0) is 19.8. The van der Waals surface area contributed by atoms with Gasteiger partial charge in [-0.2, -0.15) is 0 Å². The van der Waals surface area contributed by atoms with Crippen LogP contribution in [0.2, 0.25) is 0 Å². The molecule has 3 aromatic carbocycles. The van der Waals surface area contributed by atoms with Crippen molar-refractivity contribution in [3.05, 3.63) is 71.5 Å². The van der Waals surface area contributed by atoms with Gasteiger partial charge in [0.05, 0.1) is 0 Å². The van der Waals surface area contributed by atoms with Crippen molar-refractivity contribution in [1.82, 2.24) is 0 Å². The number of hydrogen-bond donors (Lipinski definition) is 2. The van der Waals surface area contributed by atoms with Crippen LogP contribution in [0.25, 0.3) is 0 Å². The summed E-state index contributed by atoms with van der Waals surface area (Å²) in [5, 5.41) is 10.1. The molecule has 3 N–H and O–H groups in total. The van der Waals surface area contributed by atoms with E-state index in [4.69, 9.17) is 10.5 Å². The minimum absolute atomic E-state index is 0.193. The van der Waals surface area contributed by atoms with E-state index in [1.165, 1.54) is 30.3 Å². The zero-order valence-electron chi connectivity index (χ0n) is 14.7. The topological polar surface area (TPSA) is 89.6 Å². The van der Waals surface area contributed by atoms with Crippen molar-refractivity contribution in [2.45, 2.75) is 23.6 Å². The minimum Gasteiger partial charge on any atom is -0.507 e. The molecular formula is C20H18FNO4S. The maximum Gasteiger partial charge on any atom is 0.213 e. The first-order valence-electron chi connectivity index (χ1n) is 8.07. The maximum absolute atomic E-state index is 14.0. The molecular weight excluding hydrogens is 369 g/mol. The Morgan fingerprint density at radius 2 is 1.59 bits per heavy atom. The number of hydrogen-bond acceptors (Lipinski definition) is 5. The molecule has 0 bridgehead atoms. The second-order valence-electron chi connectivity index (χ2n) is 6.15. The molecule has 3 rings (SSSR count). The van der Waals surface area contributed by atoms with Gasteiger partial charge in [-0.05, 0) is 61.4 Å². The van der Waals surface area contributed by atoms with Gasteiger partial charge in [-0.3, -0.25) is 0 Å². The van der Waals surface area contributed by atoms with E-state index in [0.717, 1.165) is 23.3 Å². The van der Waals surface area contributed by atoms with Crippen LogP contribution >= 0.6 is 0 Å². The van der Waals surface area contributed by atoms with Gasteiger partial charge in [-0.1, -0.05) is 12.1 Å². The molecule has 0 radical (unpaired) electrons. The summed E-state index contributed by atoms with van der Waals surface area (Å²) in [6, 6.07) is 12.3. The molecule has 0 spiro atoms. The molecule has 0 saturated carbocycles. The van der Waals surface area contributed by atoms with Gasteiger partial charge in [0, 0.05) is 11.8 Å². The van der Waals surface area contributed by atoms with E-state index < -0.39 is 31.2 Å². The maximum atomic E-state index is 14.0. The normalized spacial score (nSPS) is 11.4. The Kier molecular flexibility index (Phi) is 4.80. The van der Waals surface area contributed by atoms with Crippen molar-refractivity contribution in [2.75, 3.05) is 5.73 Å². The molecule has 0 heterocycles. The fourth-order valence-electron chi connectivity index (χ4n) is 2.82. The van der Waals surface area contributed by atoms with E-state index in [9.17, 15) is 17.9 Å². The first-order chi connectivity index (χ1) is 12.7. The number of phenols is 1. The van der Waals surface area contributed by atoms with E-state index >= 15 is 0 Å². The highest BCUT2D eigenvalue weighted by molar-refractivity contribution is 7.91. The largest absolute Gasteiger partial charge is 0.507 e. The molecule has 27 heavy (non-hydrogen) atoms. The summed E-state index contributed by atoms with van der Waals surface area (Å²) in [6.07, 6.45) is 0. The Morgan fingerprint density at radius 3 is 2.22 bits per heavy atom. The van der Waals surface area contributed by atoms with Gasteiger partial charge in [0.2, 0.25) is 9.84 Å². The number of nitrogens with two attached hydrogens (primary N) is 1. The van der Waals surface area contributed by atoms with E-state index in [0.29, 0.717) is 11.4 Å². The zero-order valence-corrected chi connectivity index (χ0v) is 15.5. The Hall–Kier alpha value is -3.06. The lowest BCUT2D eigenvalue weighted by atomic mass is 10.1. The van der Waals surface area contributed by atoms with E-state index in [-0.39, 0.29) is 5.75 Å². The van der Waals surface area contributed by atoms with Crippen LogP contribution in [0.1, 0.15) is 11.1 Å².